The second-order valence-corrected chi connectivity index (χ2v) is 9.72. The van der Waals surface area contributed by atoms with E-state index in [1.165, 1.54) is 0 Å². The van der Waals surface area contributed by atoms with Crippen molar-refractivity contribution in [3.8, 4) is 5.75 Å². The molecule has 0 unspecified atom stereocenters. The van der Waals surface area contributed by atoms with Crippen LogP contribution < -0.4 is 10.3 Å². The Bertz CT molecular complexity index is 805. The van der Waals surface area contributed by atoms with Gasteiger partial charge in [-0.05, 0) is 57.7 Å². The van der Waals surface area contributed by atoms with Gasteiger partial charge in [-0.2, -0.15) is 0 Å². The van der Waals surface area contributed by atoms with Crippen molar-refractivity contribution >= 4 is 17.7 Å². The van der Waals surface area contributed by atoms with Crippen molar-refractivity contribution in [2.75, 3.05) is 0 Å². The highest BCUT2D eigenvalue weighted by Gasteiger charge is 2.34. The summed E-state index contributed by atoms with van der Waals surface area (Å²) in [6, 6.07) is 2.82. The van der Waals surface area contributed by atoms with Crippen LogP contribution >= 0.6 is 0 Å². The van der Waals surface area contributed by atoms with Crippen LogP contribution in [-0.4, -0.2) is 34.5 Å². The van der Waals surface area contributed by atoms with Crippen LogP contribution in [0.15, 0.2) is 12.1 Å². The predicted octanol–water partition coefficient (Wildman–Crippen LogP) is 3.87. The molecule has 168 valence electrons. The number of carbonyl (C=O) groups excluding carboxylic acids is 2. The Balaban J connectivity index is 3.20. The molecule has 1 atom stereocenters. The lowest BCUT2D eigenvalue weighted by molar-refractivity contribution is -0.164. The topological polar surface area (TPSA) is 102 Å². The van der Waals surface area contributed by atoms with Crippen LogP contribution in [0.2, 0.25) is 0 Å². The van der Waals surface area contributed by atoms with Crippen LogP contribution in [-0.2, 0) is 24.5 Å². The van der Waals surface area contributed by atoms with Gasteiger partial charge in [0.2, 0.25) is 0 Å². The van der Waals surface area contributed by atoms with Crippen LogP contribution in [0.5, 0.6) is 5.75 Å². The van der Waals surface area contributed by atoms with Crippen molar-refractivity contribution in [1.29, 1.82) is 0 Å². The number of carboxylic acids is 1. The molecule has 1 rings (SSSR count). The van der Waals surface area contributed by atoms with E-state index >= 15 is 0 Å². The third kappa shape index (κ3) is 7.13. The number of hydrogen-bond donors (Lipinski definition) is 2. The van der Waals surface area contributed by atoms with Gasteiger partial charge in [0.1, 0.15) is 11.6 Å². The summed E-state index contributed by atoms with van der Waals surface area (Å²) in [6.07, 6.45) is -0.0856. The fourth-order valence-corrected chi connectivity index (χ4v) is 3.42. The minimum absolute atomic E-state index is 0.0856. The van der Waals surface area contributed by atoms with Gasteiger partial charge in [-0.15, -0.1) is 5.48 Å². The fourth-order valence-electron chi connectivity index (χ4n) is 3.42. The summed E-state index contributed by atoms with van der Waals surface area (Å²) in [5, 5.41) is 9.31. The number of aliphatic carboxylic acids is 1. The normalized spacial score (nSPS) is 13.1. The number of esters is 1. The highest BCUT2D eigenvalue weighted by molar-refractivity contribution is 6.35. The zero-order valence-electron chi connectivity index (χ0n) is 19.5. The average molecular weight is 422 g/mol. The van der Waals surface area contributed by atoms with E-state index in [9.17, 15) is 19.5 Å². The molecule has 1 aromatic rings. The number of hydrogen-bond acceptors (Lipinski definition) is 6. The van der Waals surface area contributed by atoms with Gasteiger partial charge in [-0.3, -0.25) is 9.59 Å². The number of hydroxylamine groups is 1. The van der Waals surface area contributed by atoms with Gasteiger partial charge in [-0.25, -0.2) is 4.79 Å². The molecule has 0 saturated carbocycles. The number of Topliss-reactive ketones (excluding diaryl/α,β-unsaturated/α-hetero) is 1. The van der Waals surface area contributed by atoms with Crippen molar-refractivity contribution in [2.24, 2.45) is 5.92 Å². The van der Waals surface area contributed by atoms with E-state index < -0.39 is 34.8 Å². The molecule has 0 aliphatic rings. The van der Waals surface area contributed by atoms with Crippen LogP contribution in [0.25, 0.3) is 0 Å². The number of benzene rings is 1. The number of carboxylic acid groups (broad SMARTS) is 1. The summed E-state index contributed by atoms with van der Waals surface area (Å²) < 4.78 is 5.19. The standard InChI is InChI=1S/C23H35NO6/c1-13(2)19(20(27)21(28)29-22(5,6)7)24-30-16-11-14(3)10-15(4)18(16)23(8,9)12-17(25)26/h10-11,13,19,24H,12H2,1-9H3,(H,25,26)/t19-/m0/s1. The minimum Gasteiger partial charge on any atom is -0.481 e. The smallest absolute Gasteiger partial charge is 0.376 e. The van der Waals surface area contributed by atoms with Crippen molar-refractivity contribution in [1.82, 2.24) is 5.48 Å². The molecule has 1 aromatic carbocycles. The first-order chi connectivity index (χ1) is 13.5. The molecule has 0 radical (unpaired) electrons. The number of ketones is 1. The Labute approximate surface area is 179 Å². The van der Waals surface area contributed by atoms with Crippen LogP contribution in [0.4, 0.5) is 0 Å². The van der Waals surface area contributed by atoms with E-state index in [4.69, 9.17) is 9.57 Å². The Morgan fingerprint density at radius 2 is 1.63 bits per heavy atom. The monoisotopic (exact) mass is 421 g/mol. The SMILES string of the molecule is Cc1cc(C)c(C(C)(C)CC(=O)O)c(ON[C@H](C(=O)C(=O)OC(C)(C)C)C(C)C)c1. The van der Waals surface area contributed by atoms with Gasteiger partial charge < -0.3 is 14.7 Å². The molecule has 0 aliphatic carbocycles. The first-order valence-electron chi connectivity index (χ1n) is 10.1. The Hall–Kier alpha value is -2.41. The van der Waals surface area contributed by atoms with Gasteiger partial charge in [-0.1, -0.05) is 33.8 Å². The zero-order valence-corrected chi connectivity index (χ0v) is 19.5. The molecule has 0 heterocycles. The molecule has 2 N–H and O–H groups in total. The molecule has 0 amide bonds. The van der Waals surface area contributed by atoms with Gasteiger partial charge in [0.05, 0.1) is 6.42 Å². The highest BCUT2D eigenvalue weighted by atomic mass is 16.6. The van der Waals surface area contributed by atoms with E-state index in [1.54, 1.807) is 40.7 Å². The summed E-state index contributed by atoms with van der Waals surface area (Å²) >= 11 is 0. The maximum atomic E-state index is 12.7. The van der Waals surface area contributed by atoms with Crippen molar-refractivity contribution in [2.45, 2.75) is 85.8 Å². The average Bonchev–Trinajstić information content (AvgIpc) is 2.50. The lowest BCUT2D eigenvalue weighted by Gasteiger charge is -2.29. The molecule has 0 spiro atoms. The fraction of sp³-hybridized carbons (Fsp3) is 0.609. The van der Waals surface area contributed by atoms with Gasteiger partial charge in [0.25, 0.3) is 5.78 Å². The van der Waals surface area contributed by atoms with Crippen LogP contribution in [0.1, 0.15) is 71.6 Å². The predicted molar refractivity (Wildman–Crippen MR) is 114 cm³/mol. The van der Waals surface area contributed by atoms with E-state index in [0.29, 0.717) is 5.75 Å². The van der Waals surface area contributed by atoms with Crippen LogP contribution in [0, 0.1) is 19.8 Å². The molecular weight excluding hydrogens is 386 g/mol. The minimum atomic E-state index is -0.927. The summed E-state index contributed by atoms with van der Waals surface area (Å²) in [7, 11) is 0. The molecule has 7 nitrogen and oxygen atoms in total. The zero-order chi connectivity index (χ0) is 23.4. The number of nitrogens with one attached hydrogen (secondary N) is 1. The largest absolute Gasteiger partial charge is 0.481 e. The van der Waals surface area contributed by atoms with E-state index in [0.717, 1.165) is 16.7 Å². The third-order valence-electron chi connectivity index (χ3n) is 4.56. The van der Waals surface area contributed by atoms with E-state index in [1.807, 2.05) is 33.8 Å². The third-order valence-corrected chi connectivity index (χ3v) is 4.56. The second-order valence-electron chi connectivity index (χ2n) is 9.72. The summed E-state index contributed by atoms with van der Waals surface area (Å²) in [5.41, 5.74) is 3.79. The Kier molecular flexibility index (Phi) is 8.20. The number of aryl methyl sites for hydroxylation is 2. The number of rotatable bonds is 9. The molecule has 0 aromatic heterocycles. The first kappa shape index (κ1) is 25.6. The van der Waals surface area contributed by atoms with Gasteiger partial charge in [0.15, 0.2) is 5.75 Å². The van der Waals surface area contributed by atoms with Crippen molar-refractivity contribution in [3.63, 3.8) is 0 Å². The Morgan fingerprint density at radius 1 is 1.07 bits per heavy atom. The summed E-state index contributed by atoms with van der Waals surface area (Å²) in [5.74, 6) is -2.38. The number of carbonyl (C=O) groups is 3. The first-order valence-corrected chi connectivity index (χ1v) is 10.1. The Morgan fingerprint density at radius 3 is 2.10 bits per heavy atom. The summed E-state index contributed by atoms with van der Waals surface area (Å²) in [4.78, 5) is 42.1. The molecule has 0 bridgehead atoms. The van der Waals surface area contributed by atoms with E-state index in [2.05, 4.69) is 5.48 Å². The quantitative estimate of drug-likeness (QED) is 0.354. The maximum absolute atomic E-state index is 12.7. The highest BCUT2D eigenvalue weighted by Crippen LogP contribution is 2.37. The number of ether oxygens (including phenoxy) is 1. The molecule has 0 aliphatic heterocycles. The lowest BCUT2D eigenvalue weighted by atomic mass is 9.78. The van der Waals surface area contributed by atoms with Gasteiger partial charge >= 0.3 is 11.9 Å². The summed E-state index contributed by atoms with van der Waals surface area (Å²) in [6.45, 7) is 16.1. The second kappa shape index (κ2) is 9.60. The molecule has 0 saturated heterocycles. The molecule has 7 heteroatoms. The molecular formula is C23H35NO6. The van der Waals surface area contributed by atoms with Crippen molar-refractivity contribution in [3.05, 3.63) is 28.8 Å². The van der Waals surface area contributed by atoms with Gasteiger partial charge in [0, 0.05) is 11.0 Å². The lowest BCUT2D eigenvalue weighted by Crippen LogP contribution is -2.48. The molecule has 30 heavy (non-hydrogen) atoms. The molecule has 0 fully saturated rings. The maximum Gasteiger partial charge on any atom is 0.376 e. The van der Waals surface area contributed by atoms with E-state index in [-0.39, 0.29) is 12.3 Å². The van der Waals surface area contributed by atoms with Crippen LogP contribution in [0.3, 0.4) is 0 Å². The van der Waals surface area contributed by atoms with Crippen molar-refractivity contribution < 1.29 is 29.1 Å².